The first kappa shape index (κ1) is 14.0. The molecular weight excluding hydrogens is 222 g/mol. The molecule has 0 aromatic carbocycles. The third kappa shape index (κ3) is 3.43. The molecule has 0 bridgehead atoms. The van der Waals surface area contributed by atoms with Crippen LogP contribution < -0.4 is 0 Å². The molecule has 0 spiro atoms. The highest BCUT2D eigenvalue weighted by atomic mass is 16.5. The first-order valence-corrected chi connectivity index (χ1v) is 6.06. The van der Waals surface area contributed by atoms with Gasteiger partial charge in [-0.3, -0.25) is 9.59 Å². The van der Waals surface area contributed by atoms with E-state index in [9.17, 15) is 9.59 Å². The Hall–Kier alpha value is -1.10. The molecule has 3 unspecified atom stereocenters. The van der Waals surface area contributed by atoms with Crippen LogP contribution in [0.1, 0.15) is 26.7 Å². The smallest absolute Gasteiger partial charge is 0.308 e. The fourth-order valence-corrected chi connectivity index (χ4v) is 2.20. The van der Waals surface area contributed by atoms with Gasteiger partial charge in [-0.2, -0.15) is 0 Å². The zero-order chi connectivity index (χ0) is 13.0. The standard InChI is InChI=1S/C12H21NO4/c1-4-10-9(5-6-17-10)11(14)13(3)7-8(2)12(15)16/h8-10H,4-7H2,1-3H3,(H,15,16). The molecule has 5 nitrogen and oxygen atoms in total. The average Bonchev–Trinajstić information content (AvgIpc) is 2.75. The van der Waals surface area contributed by atoms with E-state index >= 15 is 0 Å². The van der Waals surface area contributed by atoms with Gasteiger partial charge in [0.2, 0.25) is 5.91 Å². The summed E-state index contributed by atoms with van der Waals surface area (Å²) in [5.74, 6) is -1.51. The van der Waals surface area contributed by atoms with Crippen molar-refractivity contribution in [2.45, 2.75) is 32.8 Å². The lowest BCUT2D eigenvalue weighted by atomic mass is 9.97. The monoisotopic (exact) mass is 243 g/mol. The Bertz CT molecular complexity index is 292. The van der Waals surface area contributed by atoms with Crippen LogP contribution in [0.25, 0.3) is 0 Å². The van der Waals surface area contributed by atoms with Gasteiger partial charge in [0, 0.05) is 20.2 Å². The van der Waals surface area contributed by atoms with Crippen molar-refractivity contribution in [1.29, 1.82) is 0 Å². The molecule has 1 amide bonds. The van der Waals surface area contributed by atoms with E-state index in [0.29, 0.717) is 6.61 Å². The summed E-state index contributed by atoms with van der Waals surface area (Å²) in [4.78, 5) is 24.4. The van der Waals surface area contributed by atoms with Crippen molar-refractivity contribution < 1.29 is 19.4 Å². The van der Waals surface area contributed by atoms with E-state index < -0.39 is 11.9 Å². The van der Waals surface area contributed by atoms with Gasteiger partial charge in [-0.25, -0.2) is 0 Å². The van der Waals surface area contributed by atoms with Crippen LogP contribution in [0, 0.1) is 11.8 Å². The van der Waals surface area contributed by atoms with Crippen molar-refractivity contribution in [3.63, 3.8) is 0 Å². The molecule has 0 saturated carbocycles. The summed E-state index contributed by atoms with van der Waals surface area (Å²) in [5, 5.41) is 8.81. The van der Waals surface area contributed by atoms with E-state index in [2.05, 4.69) is 0 Å². The van der Waals surface area contributed by atoms with Crippen LogP contribution in [0.2, 0.25) is 0 Å². The fourth-order valence-electron chi connectivity index (χ4n) is 2.20. The van der Waals surface area contributed by atoms with Crippen molar-refractivity contribution in [2.24, 2.45) is 11.8 Å². The van der Waals surface area contributed by atoms with Gasteiger partial charge < -0.3 is 14.7 Å². The number of carbonyl (C=O) groups excluding carboxylic acids is 1. The van der Waals surface area contributed by atoms with E-state index in [4.69, 9.17) is 9.84 Å². The number of carboxylic acid groups (broad SMARTS) is 1. The number of hydrogen-bond acceptors (Lipinski definition) is 3. The highest BCUT2D eigenvalue weighted by Gasteiger charge is 2.35. The third-order valence-electron chi connectivity index (χ3n) is 3.27. The molecule has 1 saturated heterocycles. The van der Waals surface area contributed by atoms with Crippen molar-refractivity contribution >= 4 is 11.9 Å². The maximum Gasteiger partial charge on any atom is 0.308 e. The number of rotatable bonds is 5. The second kappa shape index (κ2) is 6.00. The van der Waals surface area contributed by atoms with Crippen LogP contribution in [-0.4, -0.2) is 48.2 Å². The van der Waals surface area contributed by atoms with Crippen LogP contribution in [0.5, 0.6) is 0 Å². The summed E-state index contributed by atoms with van der Waals surface area (Å²) in [7, 11) is 1.66. The van der Waals surface area contributed by atoms with E-state index in [-0.39, 0.29) is 24.5 Å². The molecule has 1 fully saturated rings. The molecule has 1 rings (SSSR count). The largest absolute Gasteiger partial charge is 0.481 e. The van der Waals surface area contributed by atoms with Gasteiger partial charge >= 0.3 is 5.97 Å². The molecule has 0 radical (unpaired) electrons. The molecule has 0 aromatic rings. The first-order valence-electron chi connectivity index (χ1n) is 6.06. The number of carboxylic acids is 1. The van der Waals surface area contributed by atoms with Crippen molar-refractivity contribution in [3.8, 4) is 0 Å². The number of carbonyl (C=O) groups is 2. The Morgan fingerprint density at radius 3 is 2.71 bits per heavy atom. The van der Waals surface area contributed by atoms with E-state index in [0.717, 1.165) is 12.8 Å². The van der Waals surface area contributed by atoms with Crippen molar-refractivity contribution in [3.05, 3.63) is 0 Å². The summed E-state index contributed by atoms with van der Waals surface area (Å²) in [6, 6.07) is 0. The zero-order valence-corrected chi connectivity index (χ0v) is 10.7. The van der Waals surface area contributed by atoms with Gasteiger partial charge in [0.15, 0.2) is 0 Å². The minimum Gasteiger partial charge on any atom is -0.481 e. The maximum atomic E-state index is 12.1. The Balaban J connectivity index is 2.54. The summed E-state index contributed by atoms with van der Waals surface area (Å²) in [5.41, 5.74) is 0. The lowest BCUT2D eigenvalue weighted by Gasteiger charge is -2.25. The Labute approximate surface area is 102 Å². The molecule has 1 heterocycles. The second-order valence-electron chi connectivity index (χ2n) is 4.67. The predicted molar refractivity (Wildman–Crippen MR) is 62.6 cm³/mol. The second-order valence-corrected chi connectivity index (χ2v) is 4.67. The SMILES string of the molecule is CCC1OCCC1C(=O)N(C)CC(C)C(=O)O. The number of nitrogens with zero attached hydrogens (tertiary/aromatic N) is 1. The molecule has 0 aromatic heterocycles. The Morgan fingerprint density at radius 2 is 2.18 bits per heavy atom. The van der Waals surface area contributed by atoms with Crippen LogP contribution in [0.15, 0.2) is 0 Å². The molecule has 17 heavy (non-hydrogen) atoms. The number of hydrogen-bond donors (Lipinski definition) is 1. The van der Waals surface area contributed by atoms with Crippen molar-refractivity contribution in [2.75, 3.05) is 20.2 Å². The Morgan fingerprint density at radius 1 is 1.53 bits per heavy atom. The molecular formula is C12H21NO4. The fraction of sp³-hybridized carbons (Fsp3) is 0.833. The molecule has 5 heteroatoms. The number of ether oxygens (including phenoxy) is 1. The average molecular weight is 243 g/mol. The summed E-state index contributed by atoms with van der Waals surface area (Å²) < 4.78 is 5.47. The minimum atomic E-state index is -0.876. The normalized spacial score (nSPS) is 25.6. The molecule has 1 N–H and O–H groups in total. The molecule has 1 aliphatic rings. The molecule has 3 atom stereocenters. The van der Waals surface area contributed by atoms with Crippen LogP contribution in [0.4, 0.5) is 0 Å². The van der Waals surface area contributed by atoms with Gasteiger partial charge in [-0.15, -0.1) is 0 Å². The maximum absolute atomic E-state index is 12.1. The van der Waals surface area contributed by atoms with Gasteiger partial charge in [-0.1, -0.05) is 13.8 Å². The summed E-state index contributed by atoms with van der Waals surface area (Å²) >= 11 is 0. The molecule has 0 aliphatic carbocycles. The Kier molecular flexibility index (Phi) is 4.93. The van der Waals surface area contributed by atoms with Gasteiger partial charge in [-0.05, 0) is 12.8 Å². The van der Waals surface area contributed by atoms with E-state index in [1.54, 1.807) is 14.0 Å². The lowest BCUT2D eigenvalue weighted by Crippen LogP contribution is -2.40. The lowest BCUT2D eigenvalue weighted by molar-refractivity contribution is -0.143. The van der Waals surface area contributed by atoms with Crippen molar-refractivity contribution in [1.82, 2.24) is 4.90 Å². The highest BCUT2D eigenvalue weighted by molar-refractivity contribution is 5.80. The number of aliphatic carboxylic acids is 1. The van der Waals surface area contributed by atoms with Gasteiger partial charge in [0.25, 0.3) is 0 Å². The van der Waals surface area contributed by atoms with Crippen LogP contribution in [-0.2, 0) is 14.3 Å². The number of amides is 1. The predicted octanol–water partition coefficient (Wildman–Crippen LogP) is 0.981. The third-order valence-corrected chi connectivity index (χ3v) is 3.27. The topological polar surface area (TPSA) is 66.8 Å². The summed E-state index contributed by atoms with van der Waals surface area (Å²) in [6.07, 6.45) is 1.55. The molecule has 98 valence electrons. The van der Waals surface area contributed by atoms with Crippen LogP contribution >= 0.6 is 0 Å². The molecule has 1 aliphatic heterocycles. The first-order chi connectivity index (χ1) is 7.97. The quantitative estimate of drug-likeness (QED) is 0.781. The zero-order valence-electron chi connectivity index (χ0n) is 10.7. The summed E-state index contributed by atoms with van der Waals surface area (Å²) in [6.45, 7) is 4.48. The minimum absolute atomic E-state index is 0.00227. The van der Waals surface area contributed by atoms with E-state index in [1.807, 2.05) is 6.92 Å². The van der Waals surface area contributed by atoms with Crippen LogP contribution in [0.3, 0.4) is 0 Å². The highest BCUT2D eigenvalue weighted by Crippen LogP contribution is 2.25. The van der Waals surface area contributed by atoms with Gasteiger partial charge in [0.05, 0.1) is 17.9 Å². The van der Waals surface area contributed by atoms with Gasteiger partial charge in [0.1, 0.15) is 0 Å². The van der Waals surface area contributed by atoms with E-state index in [1.165, 1.54) is 4.90 Å².